The Kier molecular flexibility index (Phi) is 6.26. The maximum atomic E-state index is 11.8. The number of nitrogens with one attached hydrogen (secondary N) is 1. The quantitative estimate of drug-likeness (QED) is 0.754. The van der Waals surface area contributed by atoms with Crippen molar-refractivity contribution in [2.75, 3.05) is 20.3 Å². The first kappa shape index (κ1) is 19.3. The van der Waals surface area contributed by atoms with Crippen LogP contribution in [-0.2, 0) is 35.1 Å². The number of amides is 1. The first-order chi connectivity index (χ1) is 12.5. The third-order valence-electron chi connectivity index (χ3n) is 4.41. The molecule has 144 valence electrons. The fraction of sp³-hybridized carbons (Fsp3) is 0.632. The van der Waals surface area contributed by atoms with E-state index in [9.17, 15) is 4.79 Å². The summed E-state index contributed by atoms with van der Waals surface area (Å²) in [6.45, 7) is 4.87. The number of hydrogen-bond donors (Lipinski definition) is 1. The minimum atomic E-state index is -0.712. The summed E-state index contributed by atoms with van der Waals surface area (Å²) >= 11 is 0. The van der Waals surface area contributed by atoms with E-state index in [-0.39, 0.29) is 24.2 Å². The van der Waals surface area contributed by atoms with Gasteiger partial charge in [-0.3, -0.25) is 4.79 Å². The zero-order valence-electron chi connectivity index (χ0n) is 15.5. The molecule has 0 spiro atoms. The lowest BCUT2D eigenvalue weighted by Crippen LogP contribution is -2.43. The van der Waals surface area contributed by atoms with Crippen LogP contribution in [0.2, 0.25) is 0 Å². The summed E-state index contributed by atoms with van der Waals surface area (Å²) in [5, 5.41) is 2.86. The van der Waals surface area contributed by atoms with E-state index in [1.54, 1.807) is 7.11 Å². The van der Waals surface area contributed by atoms with Crippen molar-refractivity contribution in [3.05, 3.63) is 35.9 Å². The second-order valence-electron chi connectivity index (χ2n) is 6.95. The molecule has 1 aromatic rings. The Hall–Kier alpha value is -1.51. The Balaban J connectivity index is 1.60. The van der Waals surface area contributed by atoms with E-state index in [1.807, 2.05) is 44.2 Å². The summed E-state index contributed by atoms with van der Waals surface area (Å²) in [6.07, 6.45) is -1.17. The summed E-state index contributed by atoms with van der Waals surface area (Å²) < 4.78 is 28.8. The number of rotatable bonds is 8. The summed E-state index contributed by atoms with van der Waals surface area (Å²) in [4.78, 5) is 11.8. The molecule has 26 heavy (non-hydrogen) atoms. The summed E-state index contributed by atoms with van der Waals surface area (Å²) in [7, 11) is 1.57. The lowest BCUT2D eigenvalue weighted by atomic mass is 10.1. The van der Waals surface area contributed by atoms with Crippen LogP contribution in [0.25, 0.3) is 0 Å². The van der Waals surface area contributed by atoms with Gasteiger partial charge >= 0.3 is 0 Å². The summed E-state index contributed by atoms with van der Waals surface area (Å²) in [6, 6.07) is 9.92. The van der Waals surface area contributed by atoms with Gasteiger partial charge in [0.1, 0.15) is 18.3 Å². The standard InChI is InChI=1S/C19H27NO6/c1-19(2)25-17-16(23-12-13-7-5-4-6-8-13)14(24-18(17)26-19)11-20-15(21)9-10-22-3/h4-8,14,16-18H,9-12H2,1-3H3,(H,20,21). The Labute approximate surface area is 153 Å². The lowest BCUT2D eigenvalue weighted by Gasteiger charge is -2.26. The molecule has 0 aliphatic carbocycles. The number of fused-ring (bicyclic) bond motifs is 1. The molecular weight excluding hydrogens is 338 g/mol. The number of hydrogen-bond acceptors (Lipinski definition) is 6. The Bertz CT molecular complexity index is 593. The van der Waals surface area contributed by atoms with Gasteiger partial charge in [-0.25, -0.2) is 0 Å². The van der Waals surface area contributed by atoms with Crippen LogP contribution in [0.15, 0.2) is 30.3 Å². The average Bonchev–Trinajstić information content (AvgIpc) is 3.08. The van der Waals surface area contributed by atoms with Gasteiger partial charge in [0.15, 0.2) is 12.1 Å². The maximum Gasteiger partial charge on any atom is 0.222 e. The normalized spacial score (nSPS) is 29.5. The number of carbonyl (C=O) groups excluding carboxylic acids is 1. The van der Waals surface area contributed by atoms with Crippen LogP contribution in [0.3, 0.4) is 0 Å². The molecular formula is C19H27NO6. The number of carbonyl (C=O) groups is 1. The highest BCUT2D eigenvalue weighted by Gasteiger charge is 2.55. The largest absolute Gasteiger partial charge is 0.384 e. The molecule has 1 N–H and O–H groups in total. The van der Waals surface area contributed by atoms with Gasteiger partial charge in [-0.05, 0) is 19.4 Å². The number of benzene rings is 1. The molecule has 0 saturated carbocycles. The fourth-order valence-electron chi connectivity index (χ4n) is 3.18. The van der Waals surface area contributed by atoms with Crippen LogP contribution >= 0.6 is 0 Å². The molecule has 2 aliphatic heterocycles. The van der Waals surface area contributed by atoms with Gasteiger partial charge in [0.25, 0.3) is 0 Å². The van der Waals surface area contributed by atoms with Crippen molar-refractivity contribution < 1.29 is 28.5 Å². The van der Waals surface area contributed by atoms with E-state index < -0.39 is 12.1 Å². The molecule has 0 radical (unpaired) electrons. The van der Waals surface area contributed by atoms with Crippen LogP contribution in [-0.4, -0.2) is 56.6 Å². The molecule has 3 rings (SSSR count). The van der Waals surface area contributed by atoms with Crippen LogP contribution in [0.4, 0.5) is 0 Å². The molecule has 2 fully saturated rings. The molecule has 0 bridgehead atoms. The van der Waals surface area contributed by atoms with Gasteiger partial charge in [0.2, 0.25) is 5.91 Å². The van der Waals surface area contributed by atoms with Crippen molar-refractivity contribution in [1.82, 2.24) is 5.32 Å². The Morgan fingerprint density at radius 2 is 2.00 bits per heavy atom. The zero-order valence-corrected chi connectivity index (χ0v) is 15.5. The van der Waals surface area contributed by atoms with Gasteiger partial charge in [-0.15, -0.1) is 0 Å². The first-order valence-corrected chi connectivity index (χ1v) is 8.91. The van der Waals surface area contributed by atoms with Crippen molar-refractivity contribution in [2.24, 2.45) is 0 Å². The second kappa shape index (κ2) is 8.45. The molecule has 1 aromatic carbocycles. The van der Waals surface area contributed by atoms with E-state index >= 15 is 0 Å². The molecule has 7 nitrogen and oxygen atoms in total. The molecule has 4 unspecified atom stereocenters. The maximum absolute atomic E-state index is 11.8. The van der Waals surface area contributed by atoms with E-state index in [2.05, 4.69) is 5.32 Å². The van der Waals surface area contributed by atoms with Crippen molar-refractivity contribution in [3.63, 3.8) is 0 Å². The highest BCUT2D eigenvalue weighted by atomic mass is 16.8. The topological polar surface area (TPSA) is 75.3 Å². The molecule has 0 aromatic heterocycles. The highest BCUT2D eigenvalue weighted by Crippen LogP contribution is 2.38. The SMILES string of the molecule is COCCC(=O)NCC1OC2OC(C)(C)OC2C1OCc1ccccc1. The zero-order chi connectivity index (χ0) is 18.6. The van der Waals surface area contributed by atoms with Gasteiger partial charge in [-0.1, -0.05) is 30.3 Å². The van der Waals surface area contributed by atoms with Crippen LogP contribution in [0.1, 0.15) is 25.8 Å². The van der Waals surface area contributed by atoms with Crippen LogP contribution in [0, 0.1) is 0 Å². The van der Waals surface area contributed by atoms with E-state index in [0.717, 1.165) is 5.56 Å². The third kappa shape index (κ3) is 4.81. The fourth-order valence-corrected chi connectivity index (χ4v) is 3.18. The smallest absolute Gasteiger partial charge is 0.222 e. The monoisotopic (exact) mass is 365 g/mol. The summed E-state index contributed by atoms with van der Waals surface area (Å²) in [5.41, 5.74) is 1.07. The molecule has 2 aliphatic rings. The molecule has 2 heterocycles. The average molecular weight is 365 g/mol. The minimum absolute atomic E-state index is 0.0866. The van der Waals surface area contributed by atoms with Crippen molar-refractivity contribution in [1.29, 1.82) is 0 Å². The number of methoxy groups -OCH3 is 1. The molecule has 7 heteroatoms. The minimum Gasteiger partial charge on any atom is -0.384 e. The van der Waals surface area contributed by atoms with Crippen molar-refractivity contribution in [2.45, 2.75) is 57.3 Å². The van der Waals surface area contributed by atoms with Crippen LogP contribution < -0.4 is 5.32 Å². The predicted octanol–water partition coefficient (Wildman–Crippen LogP) is 1.60. The first-order valence-electron chi connectivity index (χ1n) is 8.91. The third-order valence-corrected chi connectivity index (χ3v) is 4.41. The predicted molar refractivity (Wildman–Crippen MR) is 93.2 cm³/mol. The molecule has 2 saturated heterocycles. The van der Waals surface area contributed by atoms with Crippen molar-refractivity contribution >= 4 is 5.91 Å². The Morgan fingerprint density at radius 3 is 2.73 bits per heavy atom. The lowest BCUT2D eigenvalue weighted by molar-refractivity contribution is -0.218. The van der Waals surface area contributed by atoms with Gasteiger partial charge in [0.05, 0.1) is 13.2 Å². The van der Waals surface area contributed by atoms with Gasteiger partial charge in [-0.2, -0.15) is 0 Å². The highest BCUT2D eigenvalue weighted by molar-refractivity contribution is 5.75. The molecule has 1 amide bonds. The van der Waals surface area contributed by atoms with E-state index in [0.29, 0.717) is 26.2 Å². The van der Waals surface area contributed by atoms with Gasteiger partial charge < -0.3 is 29.0 Å². The van der Waals surface area contributed by atoms with Crippen LogP contribution in [0.5, 0.6) is 0 Å². The van der Waals surface area contributed by atoms with Crippen molar-refractivity contribution in [3.8, 4) is 0 Å². The summed E-state index contributed by atoms with van der Waals surface area (Å²) in [5.74, 6) is -0.799. The molecule has 4 atom stereocenters. The van der Waals surface area contributed by atoms with Gasteiger partial charge in [0, 0.05) is 20.1 Å². The number of ether oxygens (including phenoxy) is 5. The van der Waals surface area contributed by atoms with E-state index in [1.165, 1.54) is 0 Å². The Morgan fingerprint density at radius 1 is 1.23 bits per heavy atom. The van der Waals surface area contributed by atoms with E-state index in [4.69, 9.17) is 23.7 Å². The second-order valence-corrected chi connectivity index (χ2v) is 6.95.